The molecule has 0 amide bonds. The van der Waals surface area contributed by atoms with Gasteiger partial charge < -0.3 is 0 Å². The fourth-order valence-corrected chi connectivity index (χ4v) is 3.59. The Hall–Kier alpha value is -2.21. The fraction of sp³-hybridized carbons (Fsp3) is 0.500. The van der Waals surface area contributed by atoms with Crippen molar-refractivity contribution in [2.24, 2.45) is 0 Å². The van der Waals surface area contributed by atoms with Crippen molar-refractivity contribution in [3.05, 3.63) is 48.3 Å². The highest BCUT2D eigenvalue weighted by molar-refractivity contribution is 5.30. The van der Waals surface area contributed by atoms with Gasteiger partial charge in [-0.25, -0.2) is 9.97 Å². The number of aryl methyl sites for hydroxylation is 1. The smallest absolute Gasteiger partial charge is 0.233 e. The van der Waals surface area contributed by atoms with E-state index in [1.54, 1.807) is 6.20 Å². The molecular weight excluding hydrogens is 300 g/mol. The molecule has 1 fully saturated rings. The Kier molecular flexibility index (Phi) is 4.30. The second kappa shape index (κ2) is 6.73. The van der Waals surface area contributed by atoms with Crippen LogP contribution in [0.5, 0.6) is 0 Å². The number of nitrogens with zero attached hydrogens (tertiary/aromatic N) is 6. The predicted molar refractivity (Wildman–Crippen MR) is 92.5 cm³/mol. The summed E-state index contributed by atoms with van der Waals surface area (Å²) in [6.07, 6.45) is 14.8. The highest BCUT2D eigenvalue weighted by Crippen LogP contribution is 2.31. The highest BCUT2D eigenvalue weighted by Gasteiger charge is 2.25. The Morgan fingerprint density at radius 2 is 2.21 bits per heavy atom. The third-order valence-corrected chi connectivity index (χ3v) is 4.76. The molecule has 6 nitrogen and oxygen atoms in total. The Balaban J connectivity index is 1.55. The molecule has 24 heavy (non-hydrogen) atoms. The first-order valence-electron chi connectivity index (χ1n) is 8.88. The van der Waals surface area contributed by atoms with Gasteiger partial charge >= 0.3 is 0 Å². The van der Waals surface area contributed by atoms with Crippen molar-refractivity contribution in [2.45, 2.75) is 51.7 Å². The molecular formula is C18H24N6. The lowest BCUT2D eigenvalue weighted by molar-refractivity contribution is 0.137. The van der Waals surface area contributed by atoms with Gasteiger partial charge in [-0.15, -0.1) is 0 Å². The summed E-state index contributed by atoms with van der Waals surface area (Å²) in [5.41, 5.74) is 2.42. The SMILES string of the molecule is CCCn1cc(CN2CCCCC2c2ccn3ccnc3n2)cn1. The Morgan fingerprint density at radius 1 is 1.25 bits per heavy atom. The second-order valence-electron chi connectivity index (χ2n) is 6.58. The van der Waals surface area contributed by atoms with Gasteiger partial charge in [-0.3, -0.25) is 14.0 Å². The zero-order valence-electron chi connectivity index (χ0n) is 14.2. The molecule has 4 rings (SSSR count). The standard InChI is InChI=1S/C18H24N6/c1-2-8-24-14-15(12-20-24)13-23-9-4-3-5-17(23)16-6-10-22-11-7-19-18(22)21-16/h6-7,10-12,14,17H,2-5,8-9,13H2,1H3. The van der Waals surface area contributed by atoms with Crippen molar-refractivity contribution < 1.29 is 0 Å². The average molecular weight is 324 g/mol. The van der Waals surface area contributed by atoms with Gasteiger partial charge in [-0.2, -0.15) is 5.10 Å². The molecule has 0 spiro atoms. The van der Waals surface area contributed by atoms with Crippen LogP contribution in [0.15, 0.2) is 37.1 Å². The van der Waals surface area contributed by atoms with Gasteiger partial charge in [0.1, 0.15) is 0 Å². The van der Waals surface area contributed by atoms with Crippen LogP contribution in [-0.2, 0) is 13.1 Å². The number of imidazole rings is 1. The maximum Gasteiger partial charge on any atom is 0.233 e. The summed E-state index contributed by atoms with van der Waals surface area (Å²) in [5, 5.41) is 4.46. The van der Waals surface area contributed by atoms with Crippen molar-refractivity contribution in [2.75, 3.05) is 6.54 Å². The molecule has 4 heterocycles. The summed E-state index contributed by atoms with van der Waals surface area (Å²) in [6.45, 7) is 5.22. The first-order chi connectivity index (χ1) is 11.8. The molecule has 0 saturated carbocycles. The molecule has 126 valence electrons. The molecule has 3 aromatic rings. The van der Waals surface area contributed by atoms with Gasteiger partial charge in [0.25, 0.3) is 0 Å². The molecule has 0 aromatic carbocycles. The van der Waals surface area contributed by atoms with Crippen LogP contribution in [0.3, 0.4) is 0 Å². The fourth-order valence-electron chi connectivity index (χ4n) is 3.59. The first-order valence-corrected chi connectivity index (χ1v) is 8.88. The van der Waals surface area contributed by atoms with Crippen LogP contribution >= 0.6 is 0 Å². The van der Waals surface area contributed by atoms with E-state index in [0.29, 0.717) is 6.04 Å². The molecule has 1 atom stereocenters. The molecule has 0 radical (unpaired) electrons. The zero-order valence-corrected chi connectivity index (χ0v) is 14.2. The number of aromatic nitrogens is 5. The lowest BCUT2D eigenvalue weighted by Crippen LogP contribution is -2.33. The number of rotatable bonds is 5. The van der Waals surface area contributed by atoms with E-state index < -0.39 is 0 Å². The molecule has 0 N–H and O–H groups in total. The molecule has 1 unspecified atom stereocenters. The minimum atomic E-state index is 0.370. The van der Waals surface area contributed by atoms with Crippen LogP contribution in [0.4, 0.5) is 0 Å². The number of likely N-dealkylation sites (tertiary alicyclic amines) is 1. The lowest BCUT2D eigenvalue weighted by atomic mass is 9.98. The van der Waals surface area contributed by atoms with E-state index in [0.717, 1.165) is 43.9 Å². The third-order valence-electron chi connectivity index (χ3n) is 4.76. The molecule has 1 saturated heterocycles. The predicted octanol–water partition coefficient (Wildman–Crippen LogP) is 3.06. The molecule has 6 heteroatoms. The van der Waals surface area contributed by atoms with Crippen molar-refractivity contribution >= 4 is 5.78 Å². The highest BCUT2D eigenvalue weighted by atomic mass is 15.3. The lowest BCUT2D eigenvalue weighted by Gasteiger charge is -2.35. The van der Waals surface area contributed by atoms with Crippen LogP contribution < -0.4 is 0 Å². The van der Waals surface area contributed by atoms with Gasteiger partial charge in [-0.05, 0) is 31.9 Å². The van der Waals surface area contributed by atoms with Crippen LogP contribution in [-0.4, -0.2) is 35.6 Å². The number of hydrogen-bond donors (Lipinski definition) is 0. The van der Waals surface area contributed by atoms with Crippen molar-refractivity contribution in [1.82, 2.24) is 29.0 Å². The third kappa shape index (κ3) is 3.06. The second-order valence-corrected chi connectivity index (χ2v) is 6.58. The van der Waals surface area contributed by atoms with Gasteiger partial charge in [-0.1, -0.05) is 13.3 Å². The van der Waals surface area contributed by atoms with E-state index in [4.69, 9.17) is 4.98 Å². The van der Waals surface area contributed by atoms with Crippen molar-refractivity contribution in [1.29, 1.82) is 0 Å². The van der Waals surface area contributed by atoms with E-state index >= 15 is 0 Å². The maximum atomic E-state index is 4.77. The maximum absolute atomic E-state index is 4.77. The topological polar surface area (TPSA) is 51.2 Å². The van der Waals surface area contributed by atoms with E-state index in [-0.39, 0.29) is 0 Å². The quantitative estimate of drug-likeness (QED) is 0.724. The van der Waals surface area contributed by atoms with Gasteiger partial charge in [0.2, 0.25) is 5.78 Å². The van der Waals surface area contributed by atoms with Crippen LogP contribution in [0.2, 0.25) is 0 Å². The Labute approximate surface area is 142 Å². The van der Waals surface area contributed by atoms with Crippen molar-refractivity contribution in [3.8, 4) is 0 Å². The minimum Gasteiger partial charge on any atom is -0.291 e. The molecule has 3 aromatic heterocycles. The summed E-state index contributed by atoms with van der Waals surface area (Å²) in [6, 6.07) is 2.51. The summed E-state index contributed by atoms with van der Waals surface area (Å²) in [7, 11) is 0. The van der Waals surface area contributed by atoms with Crippen LogP contribution in [0, 0.1) is 0 Å². The monoisotopic (exact) mass is 324 g/mol. The molecule has 0 aliphatic carbocycles. The number of piperidine rings is 1. The zero-order chi connectivity index (χ0) is 16.4. The van der Waals surface area contributed by atoms with E-state index in [1.165, 1.54) is 18.4 Å². The van der Waals surface area contributed by atoms with Gasteiger partial charge in [0, 0.05) is 43.4 Å². The summed E-state index contributed by atoms with van der Waals surface area (Å²) in [4.78, 5) is 11.6. The molecule has 1 aliphatic rings. The Morgan fingerprint density at radius 3 is 3.12 bits per heavy atom. The van der Waals surface area contributed by atoms with Crippen LogP contribution in [0.1, 0.15) is 49.9 Å². The molecule has 0 bridgehead atoms. The van der Waals surface area contributed by atoms with Gasteiger partial charge in [0.15, 0.2) is 0 Å². The van der Waals surface area contributed by atoms with E-state index in [1.807, 2.05) is 21.5 Å². The average Bonchev–Trinajstić information content (AvgIpc) is 3.24. The Bertz CT molecular complexity index is 805. The minimum absolute atomic E-state index is 0.370. The van der Waals surface area contributed by atoms with Crippen LogP contribution in [0.25, 0.3) is 5.78 Å². The largest absolute Gasteiger partial charge is 0.291 e. The molecule has 1 aliphatic heterocycles. The first kappa shape index (κ1) is 15.3. The van der Waals surface area contributed by atoms with E-state index in [9.17, 15) is 0 Å². The summed E-state index contributed by atoms with van der Waals surface area (Å²) >= 11 is 0. The number of hydrogen-bond acceptors (Lipinski definition) is 4. The van der Waals surface area contributed by atoms with E-state index in [2.05, 4.69) is 40.4 Å². The summed E-state index contributed by atoms with van der Waals surface area (Å²) in [5.74, 6) is 0.786. The van der Waals surface area contributed by atoms with Gasteiger partial charge in [0.05, 0.1) is 17.9 Å². The normalized spacial score (nSPS) is 19.1. The van der Waals surface area contributed by atoms with Crippen molar-refractivity contribution in [3.63, 3.8) is 0 Å². The summed E-state index contributed by atoms with van der Waals surface area (Å²) < 4.78 is 4.01. The number of fused-ring (bicyclic) bond motifs is 1.